The summed E-state index contributed by atoms with van der Waals surface area (Å²) in [6.07, 6.45) is 0. The maximum absolute atomic E-state index is 13.0. The highest BCUT2D eigenvalue weighted by atomic mass is 16.5. The van der Waals surface area contributed by atoms with Crippen LogP contribution in [0.25, 0.3) is 5.76 Å². The number of aliphatic hydroxyl groups excluding tert-OH is 1. The molecular weight excluding hydrogens is 384 g/mol. The van der Waals surface area contributed by atoms with Crippen molar-refractivity contribution in [2.75, 3.05) is 41.4 Å². The standard InChI is InChI=1S/C23H26N2O5/c1-24(2)12-13-25-20(15-8-6-5-7-9-15)19(22(27)23(25)28)21(26)16-10-11-17(29-3)18(14-16)30-4/h5-11,14,20,26H,12-13H2,1-4H3/t20-/m1/s1. The molecule has 1 saturated heterocycles. The minimum absolute atomic E-state index is 0.0668. The maximum atomic E-state index is 13.0. The number of Topliss-reactive ketones (excluding diaryl/α,β-unsaturated/α-hetero) is 1. The number of methoxy groups -OCH3 is 2. The van der Waals surface area contributed by atoms with Crippen LogP contribution < -0.4 is 9.47 Å². The van der Waals surface area contributed by atoms with Gasteiger partial charge in [-0.25, -0.2) is 0 Å². The van der Waals surface area contributed by atoms with Gasteiger partial charge < -0.3 is 24.4 Å². The van der Waals surface area contributed by atoms with Crippen molar-refractivity contribution in [3.63, 3.8) is 0 Å². The van der Waals surface area contributed by atoms with E-state index in [1.165, 1.54) is 19.1 Å². The molecule has 1 atom stereocenters. The highest BCUT2D eigenvalue weighted by Crippen LogP contribution is 2.40. The molecule has 0 unspecified atom stereocenters. The van der Waals surface area contributed by atoms with Crippen molar-refractivity contribution in [3.05, 3.63) is 65.2 Å². The van der Waals surface area contributed by atoms with Gasteiger partial charge >= 0.3 is 0 Å². The number of aliphatic hydroxyl groups is 1. The van der Waals surface area contributed by atoms with Gasteiger partial charge in [-0.15, -0.1) is 0 Å². The van der Waals surface area contributed by atoms with Crippen molar-refractivity contribution < 1.29 is 24.2 Å². The fourth-order valence-corrected chi connectivity index (χ4v) is 3.54. The fraction of sp³-hybridized carbons (Fsp3) is 0.304. The summed E-state index contributed by atoms with van der Waals surface area (Å²) in [5.74, 6) is -0.641. The zero-order valence-corrected chi connectivity index (χ0v) is 17.6. The van der Waals surface area contributed by atoms with Crippen LogP contribution >= 0.6 is 0 Å². The lowest BCUT2D eigenvalue weighted by Crippen LogP contribution is -2.35. The van der Waals surface area contributed by atoms with Crippen LogP contribution in [-0.2, 0) is 9.59 Å². The van der Waals surface area contributed by atoms with E-state index >= 15 is 0 Å². The molecule has 7 heteroatoms. The Balaban J connectivity index is 2.14. The van der Waals surface area contributed by atoms with Crippen molar-refractivity contribution >= 4 is 17.4 Å². The van der Waals surface area contributed by atoms with E-state index < -0.39 is 17.7 Å². The number of ketones is 1. The Morgan fingerprint density at radius 2 is 1.70 bits per heavy atom. The van der Waals surface area contributed by atoms with E-state index in [-0.39, 0.29) is 11.3 Å². The molecule has 0 saturated carbocycles. The number of nitrogens with zero attached hydrogens (tertiary/aromatic N) is 2. The van der Waals surface area contributed by atoms with Crippen LogP contribution in [0.2, 0.25) is 0 Å². The largest absolute Gasteiger partial charge is 0.507 e. The summed E-state index contributed by atoms with van der Waals surface area (Å²) in [4.78, 5) is 29.3. The number of hydrogen-bond donors (Lipinski definition) is 1. The Kier molecular flexibility index (Phi) is 6.42. The third kappa shape index (κ3) is 4.02. The molecule has 7 nitrogen and oxygen atoms in total. The predicted molar refractivity (Wildman–Crippen MR) is 114 cm³/mol. The average Bonchev–Trinajstić information content (AvgIpc) is 3.01. The molecule has 0 spiro atoms. The molecule has 30 heavy (non-hydrogen) atoms. The number of amides is 1. The lowest BCUT2D eigenvalue weighted by atomic mass is 9.95. The quantitative estimate of drug-likeness (QED) is 0.430. The SMILES string of the molecule is COc1ccc(C(O)=C2C(=O)C(=O)N(CCN(C)C)[C@@H]2c2ccccc2)cc1OC. The predicted octanol–water partition coefficient (Wildman–Crippen LogP) is 2.69. The van der Waals surface area contributed by atoms with Gasteiger partial charge in [0, 0.05) is 18.7 Å². The summed E-state index contributed by atoms with van der Waals surface area (Å²) in [7, 11) is 6.81. The lowest BCUT2D eigenvalue weighted by molar-refractivity contribution is -0.140. The lowest BCUT2D eigenvalue weighted by Gasteiger charge is -2.26. The summed E-state index contributed by atoms with van der Waals surface area (Å²) in [5, 5.41) is 11.1. The number of benzene rings is 2. The van der Waals surface area contributed by atoms with E-state index in [9.17, 15) is 14.7 Å². The molecule has 1 heterocycles. The first-order valence-electron chi connectivity index (χ1n) is 9.59. The van der Waals surface area contributed by atoms with Gasteiger partial charge in [0.2, 0.25) is 0 Å². The topological polar surface area (TPSA) is 79.3 Å². The van der Waals surface area contributed by atoms with Crippen LogP contribution in [-0.4, -0.2) is 68.0 Å². The molecule has 1 aliphatic rings. The van der Waals surface area contributed by atoms with E-state index in [1.807, 2.05) is 49.3 Å². The number of hydrogen-bond acceptors (Lipinski definition) is 6. The second kappa shape index (κ2) is 9.00. The van der Waals surface area contributed by atoms with Crippen molar-refractivity contribution in [1.29, 1.82) is 0 Å². The van der Waals surface area contributed by atoms with Crippen LogP contribution in [0.15, 0.2) is 54.1 Å². The van der Waals surface area contributed by atoms with E-state index in [4.69, 9.17) is 9.47 Å². The fourth-order valence-electron chi connectivity index (χ4n) is 3.54. The van der Waals surface area contributed by atoms with Crippen LogP contribution in [0.4, 0.5) is 0 Å². The first-order valence-corrected chi connectivity index (χ1v) is 9.59. The minimum Gasteiger partial charge on any atom is -0.507 e. The zero-order chi connectivity index (χ0) is 21.8. The second-order valence-corrected chi connectivity index (χ2v) is 7.28. The number of carbonyl (C=O) groups is 2. The number of carbonyl (C=O) groups excluding carboxylic acids is 2. The van der Waals surface area contributed by atoms with Crippen LogP contribution in [0.1, 0.15) is 17.2 Å². The normalized spacial score (nSPS) is 18.2. The van der Waals surface area contributed by atoms with Gasteiger partial charge in [-0.3, -0.25) is 9.59 Å². The zero-order valence-electron chi connectivity index (χ0n) is 17.6. The van der Waals surface area contributed by atoms with Crippen molar-refractivity contribution in [2.45, 2.75) is 6.04 Å². The number of likely N-dealkylation sites (tertiary alicyclic amines) is 1. The van der Waals surface area contributed by atoms with E-state index in [0.717, 1.165) is 5.56 Å². The van der Waals surface area contributed by atoms with Crippen LogP contribution in [0.3, 0.4) is 0 Å². The van der Waals surface area contributed by atoms with Crippen molar-refractivity contribution in [1.82, 2.24) is 9.80 Å². The van der Waals surface area contributed by atoms with E-state index in [2.05, 4.69) is 0 Å². The van der Waals surface area contributed by atoms with Gasteiger partial charge in [-0.2, -0.15) is 0 Å². The molecule has 2 aromatic rings. The summed E-state index contributed by atoms with van der Waals surface area (Å²) < 4.78 is 10.5. The third-order valence-electron chi connectivity index (χ3n) is 5.10. The molecule has 1 N–H and O–H groups in total. The Morgan fingerprint density at radius 1 is 1.03 bits per heavy atom. The van der Waals surface area contributed by atoms with Gasteiger partial charge in [0.25, 0.3) is 11.7 Å². The van der Waals surface area contributed by atoms with Crippen molar-refractivity contribution in [3.8, 4) is 11.5 Å². The minimum atomic E-state index is -0.699. The molecule has 1 amide bonds. The molecule has 0 radical (unpaired) electrons. The smallest absolute Gasteiger partial charge is 0.295 e. The molecule has 3 rings (SSSR count). The molecular formula is C23H26N2O5. The summed E-state index contributed by atoms with van der Waals surface area (Å²) in [5.41, 5.74) is 1.20. The molecule has 1 aliphatic heterocycles. The maximum Gasteiger partial charge on any atom is 0.295 e. The number of likely N-dealkylation sites (N-methyl/N-ethyl adjacent to an activating group) is 1. The van der Waals surface area contributed by atoms with Crippen LogP contribution in [0, 0.1) is 0 Å². The Hall–Kier alpha value is -3.32. The van der Waals surface area contributed by atoms with Gasteiger partial charge in [-0.05, 0) is 37.9 Å². The molecule has 0 bridgehead atoms. The summed E-state index contributed by atoms with van der Waals surface area (Å²) in [6, 6.07) is 13.4. The second-order valence-electron chi connectivity index (χ2n) is 7.28. The molecule has 0 aromatic heterocycles. The van der Waals surface area contributed by atoms with Crippen molar-refractivity contribution in [2.24, 2.45) is 0 Å². The third-order valence-corrected chi connectivity index (χ3v) is 5.10. The van der Waals surface area contributed by atoms with Crippen LogP contribution in [0.5, 0.6) is 11.5 Å². The summed E-state index contributed by atoms with van der Waals surface area (Å²) in [6.45, 7) is 0.951. The van der Waals surface area contributed by atoms with Gasteiger partial charge in [0.05, 0.1) is 25.8 Å². The number of ether oxygens (including phenoxy) is 2. The number of rotatable bonds is 7. The first-order chi connectivity index (χ1) is 14.4. The highest BCUT2D eigenvalue weighted by molar-refractivity contribution is 6.46. The average molecular weight is 410 g/mol. The Bertz CT molecular complexity index is 969. The van der Waals surface area contributed by atoms with E-state index in [0.29, 0.717) is 30.2 Å². The molecule has 1 fully saturated rings. The highest BCUT2D eigenvalue weighted by Gasteiger charge is 2.45. The Labute approximate surface area is 176 Å². The van der Waals surface area contributed by atoms with Gasteiger partial charge in [0.15, 0.2) is 11.5 Å². The van der Waals surface area contributed by atoms with E-state index in [1.54, 1.807) is 18.2 Å². The van der Waals surface area contributed by atoms with Gasteiger partial charge in [-0.1, -0.05) is 30.3 Å². The Morgan fingerprint density at radius 3 is 2.30 bits per heavy atom. The van der Waals surface area contributed by atoms with Gasteiger partial charge in [0.1, 0.15) is 5.76 Å². The monoisotopic (exact) mass is 410 g/mol. The molecule has 0 aliphatic carbocycles. The first kappa shape index (κ1) is 21.4. The summed E-state index contributed by atoms with van der Waals surface area (Å²) >= 11 is 0. The molecule has 158 valence electrons. The molecule has 2 aromatic carbocycles.